The van der Waals surface area contributed by atoms with Crippen molar-refractivity contribution in [3.8, 4) is 11.5 Å². The molecule has 0 bridgehead atoms. The molecule has 0 saturated carbocycles. The molecule has 1 heterocycles. The Labute approximate surface area is 162 Å². The number of benzene rings is 2. The number of halogens is 1. The zero-order valence-corrected chi connectivity index (χ0v) is 15.4. The average molecular weight is 390 g/mol. The van der Waals surface area contributed by atoms with E-state index in [1.165, 1.54) is 0 Å². The molecule has 0 atom stereocenters. The molecule has 0 aliphatic carbocycles. The Balaban J connectivity index is 1.66. The molecule has 0 radical (unpaired) electrons. The van der Waals surface area contributed by atoms with E-state index < -0.39 is 11.4 Å². The molecule has 1 fully saturated rings. The van der Waals surface area contributed by atoms with Gasteiger partial charge in [-0.3, -0.25) is 9.59 Å². The van der Waals surface area contributed by atoms with Crippen molar-refractivity contribution in [1.29, 1.82) is 0 Å². The monoisotopic (exact) mass is 389 g/mol. The Morgan fingerprint density at radius 1 is 1.11 bits per heavy atom. The summed E-state index contributed by atoms with van der Waals surface area (Å²) in [7, 11) is 0. The number of carboxylic acids is 1. The Morgan fingerprint density at radius 3 is 2.48 bits per heavy atom. The topological polar surface area (TPSA) is 84.9 Å². The van der Waals surface area contributed by atoms with Crippen LogP contribution in [0.25, 0.3) is 0 Å². The van der Waals surface area contributed by atoms with Gasteiger partial charge in [-0.05, 0) is 55.3 Å². The van der Waals surface area contributed by atoms with Crippen LogP contribution >= 0.6 is 11.6 Å². The minimum absolute atomic E-state index is 0.0623. The minimum Gasteiger partial charge on any atom is -0.481 e. The van der Waals surface area contributed by atoms with Crippen LogP contribution in [-0.2, 0) is 9.53 Å². The first-order valence-electron chi connectivity index (χ1n) is 8.61. The molecule has 2 aromatic rings. The number of amides is 1. The summed E-state index contributed by atoms with van der Waals surface area (Å²) in [6.45, 7) is 0.825. The summed E-state index contributed by atoms with van der Waals surface area (Å²) in [6, 6.07) is 13.6. The number of hydrogen-bond donors (Lipinski definition) is 2. The van der Waals surface area contributed by atoms with Gasteiger partial charge in [0.25, 0.3) is 5.91 Å². The highest BCUT2D eigenvalue weighted by Gasteiger charge is 2.40. The highest BCUT2D eigenvalue weighted by Crippen LogP contribution is 2.30. The molecule has 1 amide bonds. The summed E-state index contributed by atoms with van der Waals surface area (Å²) in [5.41, 5.74) is -0.584. The Morgan fingerprint density at radius 2 is 1.81 bits per heavy atom. The van der Waals surface area contributed by atoms with Gasteiger partial charge in [0.05, 0.1) is 5.41 Å². The molecule has 142 valence electrons. The fraction of sp³-hybridized carbons (Fsp3) is 0.300. The van der Waals surface area contributed by atoms with E-state index >= 15 is 0 Å². The molecule has 2 N–H and O–H groups in total. The number of carbonyl (C=O) groups is 2. The van der Waals surface area contributed by atoms with Crippen molar-refractivity contribution >= 4 is 23.5 Å². The molecule has 1 aliphatic rings. The predicted molar refractivity (Wildman–Crippen MR) is 100 cm³/mol. The quantitative estimate of drug-likeness (QED) is 0.786. The maximum atomic E-state index is 12.5. The van der Waals surface area contributed by atoms with E-state index in [2.05, 4.69) is 5.32 Å². The zero-order chi connectivity index (χ0) is 19.3. The summed E-state index contributed by atoms with van der Waals surface area (Å²) in [4.78, 5) is 24.2. The van der Waals surface area contributed by atoms with Crippen LogP contribution in [0.5, 0.6) is 11.5 Å². The number of aliphatic carboxylic acids is 1. The highest BCUT2D eigenvalue weighted by atomic mass is 35.5. The number of hydrogen-bond acceptors (Lipinski definition) is 4. The average Bonchev–Trinajstić information content (AvgIpc) is 2.69. The first-order chi connectivity index (χ1) is 13.0. The van der Waals surface area contributed by atoms with Crippen molar-refractivity contribution in [2.75, 3.05) is 19.8 Å². The molecule has 2 aromatic carbocycles. The van der Waals surface area contributed by atoms with E-state index in [0.29, 0.717) is 48.1 Å². The van der Waals surface area contributed by atoms with E-state index in [0.717, 1.165) is 0 Å². The number of ether oxygens (including phenoxy) is 2. The third-order valence-electron chi connectivity index (χ3n) is 4.64. The molecule has 3 rings (SSSR count). The van der Waals surface area contributed by atoms with Crippen molar-refractivity contribution in [3.63, 3.8) is 0 Å². The van der Waals surface area contributed by atoms with Gasteiger partial charge >= 0.3 is 5.97 Å². The molecule has 1 saturated heterocycles. The number of carboxylic acid groups (broad SMARTS) is 1. The molecule has 0 aromatic heterocycles. The Kier molecular flexibility index (Phi) is 5.98. The third kappa shape index (κ3) is 4.78. The van der Waals surface area contributed by atoms with Crippen molar-refractivity contribution in [3.05, 3.63) is 59.1 Å². The number of nitrogens with one attached hydrogen (secondary N) is 1. The van der Waals surface area contributed by atoms with Gasteiger partial charge in [-0.25, -0.2) is 0 Å². The first-order valence-corrected chi connectivity index (χ1v) is 8.99. The molecule has 6 nitrogen and oxygen atoms in total. The summed E-state index contributed by atoms with van der Waals surface area (Å²) < 4.78 is 11.0. The lowest BCUT2D eigenvalue weighted by molar-refractivity contribution is -0.154. The summed E-state index contributed by atoms with van der Waals surface area (Å²) in [6.07, 6.45) is 0.755. The van der Waals surface area contributed by atoms with Crippen LogP contribution in [0.1, 0.15) is 23.2 Å². The Hall–Kier alpha value is -2.57. The van der Waals surface area contributed by atoms with Gasteiger partial charge in [-0.15, -0.1) is 0 Å². The maximum absolute atomic E-state index is 12.5. The third-order valence-corrected chi connectivity index (χ3v) is 4.89. The van der Waals surface area contributed by atoms with Gasteiger partial charge in [0.1, 0.15) is 11.5 Å². The molecular formula is C20H20ClNO5. The zero-order valence-electron chi connectivity index (χ0n) is 14.6. The smallest absolute Gasteiger partial charge is 0.311 e. The van der Waals surface area contributed by atoms with Gasteiger partial charge in [0, 0.05) is 30.3 Å². The van der Waals surface area contributed by atoms with E-state index in [1.807, 2.05) is 0 Å². The second-order valence-electron chi connectivity index (χ2n) is 6.46. The number of rotatable bonds is 6. The fourth-order valence-electron chi connectivity index (χ4n) is 2.92. The van der Waals surface area contributed by atoms with Crippen LogP contribution in [-0.4, -0.2) is 36.7 Å². The maximum Gasteiger partial charge on any atom is 0.311 e. The summed E-state index contributed by atoms with van der Waals surface area (Å²) >= 11 is 5.86. The fourth-order valence-corrected chi connectivity index (χ4v) is 3.05. The summed E-state index contributed by atoms with van der Waals surface area (Å²) in [5, 5.41) is 12.9. The number of carbonyl (C=O) groups excluding carboxylic acids is 1. The van der Waals surface area contributed by atoms with Gasteiger partial charge in [0.2, 0.25) is 0 Å². The summed E-state index contributed by atoms with van der Waals surface area (Å²) in [5.74, 6) is -0.150. The van der Waals surface area contributed by atoms with Crippen molar-refractivity contribution < 1.29 is 24.2 Å². The molecule has 7 heteroatoms. The largest absolute Gasteiger partial charge is 0.481 e. The van der Waals surface area contributed by atoms with E-state index in [-0.39, 0.29) is 12.5 Å². The van der Waals surface area contributed by atoms with Crippen LogP contribution in [0.3, 0.4) is 0 Å². The molecule has 0 unspecified atom stereocenters. The lowest BCUT2D eigenvalue weighted by atomic mass is 9.80. The second-order valence-corrected chi connectivity index (χ2v) is 6.90. The first kappa shape index (κ1) is 19.2. The molecule has 0 spiro atoms. The second kappa shape index (κ2) is 8.41. The van der Waals surface area contributed by atoms with E-state index in [4.69, 9.17) is 21.1 Å². The lowest BCUT2D eigenvalue weighted by Crippen LogP contribution is -2.46. The van der Waals surface area contributed by atoms with Crippen molar-refractivity contribution in [1.82, 2.24) is 5.32 Å². The lowest BCUT2D eigenvalue weighted by Gasteiger charge is -2.33. The van der Waals surface area contributed by atoms with E-state index in [9.17, 15) is 14.7 Å². The van der Waals surface area contributed by atoms with Gasteiger partial charge < -0.3 is 19.9 Å². The highest BCUT2D eigenvalue weighted by molar-refractivity contribution is 6.30. The van der Waals surface area contributed by atoms with Crippen LogP contribution in [0.4, 0.5) is 0 Å². The normalized spacial score (nSPS) is 15.7. The molecule has 1 aliphatic heterocycles. The van der Waals surface area contributed by atoms with Crippen LogP contribution in [0.15, 0.2) is 48.5 Å². The minimum atomic E-state index is -0.981. The SMILES string of the molecule is O=C(NCC1(C(=O)O)CCOCC1)c1cccc(Oc2ccc(Cl)cc2)c1. The molecule has 27 heavy (non-hydrogen) atoms. The van der Waals surface area contributed by atoms with Gasteiger partial charge in [0.15, 0.2) is 0 Å². The van der Waals surface area contributed by atoms with Crippen LogP contribution in [0, 0.1) is 5.41 Å². The van der Waals surface area contributed by atoms with Crippen LogP contribution in [0.2, 0.25) is 5.02 Å². The molecular weight excluding hydrogens is 370 g/mol. The van der Waals surface area contributed by atoms with E-state index in [1.54, 1.807) is 48.5 Å². The van der Waals surface area contributed by atoms with Gasteiger partial charge in [-0.1, -0.05) is 17.7 Å². The van der Waals surface area contributed by atoms with Crippen molar-refractivity contribution in [2.45, 2.75) is 12.8 Å². The Bertz CT molecular complexity index is 815. The van der Waals surface area contributed by atoms with Crippen molar-refractivity contribution in [2.24, 2.45) is 5.41 Å². The predicted octanol–water partition coefficient (Wildman–Crippen LogP) is 3.74. The standard InChI is InChI=1S/C20H20ClNO5/c21-15-4-6-16(7-5-15)27-17-3-1-2-14(12-17)18(23)22-13-20(19(24)25)8-10-26-11-9-20/h1-7,12H,8-11,13H2,(H,22,23)(H,24,25). The van der Waals surface area contributed by atoms with Gasteiger partial charge in [-0.2, -0.15) is 0 Å². The van der Waals surface area contributed by atoms with Crippen LogP contribution < -0.4 is 10.1 Å².